The quantitative estimate of drug-likeness (QED) is 0.866. The molecule has 14 heavy (non-hydrogen) atoms. The van der Waals surface area contributed by atoms with Crippen molar-refractivity contribution in [2.75, 3.05) is 0 Å². The van der Waals surface area contributed by atoms with Crippen LogP contribution in [-0.2, 0) is 0 Å². The van der Waals surface area contributed by atoms with Gasteiger partial charge in [0.1, 0.15) is 0 Å². The van der Waals surface area contributed by atoms with Crippen molar-refractivity contribution in [1.82, 2.24) is 0 Å². The highest BCUT2D eigenvalue weighted by molar-refractivity contribution is 9.10. The number of halogens is 2. The van der Waals surface area contributed by atoms with Crippen molar-refractivity contribution < 1.29 is 14.3 Å². The van der Waals surface area contributed by atoms with Crippen molar-refractivity contribution in [3.05, 3.63) is 33.5 Å². The van der Waals surface area contributed by atoms with Crippen LogP contribution in [0.2, 0.25) is 5.02 Å². The van der Waals surface area contributed by atoms with Crippen LogP contribution < -0.4 is 0 Å². The summed E-state index contributed by atoms with van der Waals surface area (Å²) in [5, 5.41) is 9.76. The molecule has 0 spiro atoms. The minimum Gasteiger partial charge on any atom is -0.475 e. The van der Waals surface area contributed by atoms with Crippen LogP contribution >= 0.6 is 27.5 Å². The van der Waals surface area contributed by atoms with Crippen molar-refractivity contribution in [2.45, 2.75) is 0 Å². The normalized spacial score (nSPS) is 10.7. The first-order valence-corrected chi connectivity index (χ1v) is 4.87. The van der Waals surface area contributed by atoms with E-state index in [9.17, 15) is 4.79 Å². The van der Waals surface area contributed by atoms with Gasteiger partial charge in [-0.3, -0.25) is 0 Å². The predicted molar refractivity (Wildman–Crippen MR) is 55.9 cm³/mol. The maximum atomic E-state index is 10.6. The highest BCUT2D eigenvalue weighted by Gasteiger charge is 2.12. The Bertz CT molecular complexity index is 518. The van der Waals surface area contributed by atoms with Gasteiger partial charge in [-0.2, -0.15) is 0 Å². The second kappa shape index (κ2) is 3.29. The molecule has 0 aliphatic heterocycles. The average molecular weight is 275 g/mol. The molecule has 1 heterocycles. The number of carbonyl (C=O) groups is 1. The third kappa shape index (κ3) is 1.51. The number of furan rings is 1. The highest BCUT2D eigenvalue weighted by Crippen LogP contribution is 2.30. The molecular formula is C9H4BrClO3. The van der Waals surface area contributed by atoms with Gasteiger partial charge in [-0.05, 0) is 18.2 Å². The minimum absolute atomic E-state index is 0.111. The van der Waals surface area contributed by atoms with Gasteiger partial charge in [0.2, 0.25) is 5.76 Å². The maximum absolute atomic E-state index is 10.6. The molecule has 1 aromatic heterocycles. The van der Waals surface area contributed by atoms with Gasteiger partial charge < -0.3 is 9.52 Å². The molecule has 0 saturated carbocycles. The van der Waals surface area contributed by atoms with Crippen LogP contribution in [0.5, 0.6) is 0 Å². The molecule has 0 unspecified atom stereocenters. The number of rotatable bonds is 1. The summed E-state index contributed by atoms with van der Waals surface area (Å²) in [5.41, 5.74) is 0.396. The Labute approximate surface area is 92.4 Å². The minimum atomic E-state index is -1.10. The summed E-state index contributed by atoms with van der Waals surface area (Å²) in [6, 6.07) is 4.84. The fourth-order valence-electron chi connectivity index (χ4n) is 1.18. The van der Waals surface area contributed by atoms with Crippen molar-refractivity contribution in [3.8, 4) is 0 Å². The van der Waals surface area contributed by atoms with Crippen molar-refractivity contribution in [1.29, 1.82) is 0 Å². The molecule has 0 saturated heterocycles. The number of benzene rings is 1. The number of hydrogen-bond acceptors (Lipinski definition) is 2. The Morgan fingerprint density at radius 3 is 2.79 bits per heavy atom. The zero-order valence-electron chi connectivity index (χ0n) is 6.75. The first-order valence-electron chi connectivity index (χ1n) is 3.70. The summed E-state index contributed by atoms with van der Waals surface area (Å²) in [5.74, 6) is -1.21. The molecule has 0 aliphatic rings. The standard InChI is InChI=1S/C9H4BrClO3/c10-5-1-4-2-7(9(12)13)14-8(4)6(11)3-5/h1-3H,(H,12,13). The van der Waals surface area contributed by atoms with Gasteiger partial charge in [-0.25, -0.2) is 4.79 Å². The maximum Gasteiger partial charge on any atom is 0.371 e. The molecule has 72 valence electrons. The summed E-state index contributed by atoms with van der Waals surface area (Å²) in [6.07, 6.45) is 0. The Balaban J connectivity index is 2.76. The lowest BCUT2D eigenvalue weighted by Crippen LogP contribution is -1.91. The zero-order valence-corrected chi connectivity index (χ0v) is 9.09. The van der Waals surface area contributed by atoms with Crippen molar-refractivity contribution >= 4 is 44.5 Å². The van der Waals surface area contributed by atoms with Gasteiger partial charge in [0, 0.05) is 9.86 Å². The van der Waals surface area contributed by atoms with Crippen LogP contribution in [0.15, 0.2) is 27.1 Å². The summed E-state index contributed by atoms with van der Waals surface area (Å²) in [6.45, 7) is 0. The van der Waals surface area contributed by atoms with Crippen molar-refractivity contribution in [2.24, 2.45) is 0 Å². The number of carboxylic acids is 1. The van der Waals surface area contributed by atoms with E-state index < -0.39 is 5.97 Å². The number of fused-ring (bicyclic) bond motifs is 1. The molecule has 1 aromatic carbocycles. The molecule has 3 nitrogen and oxygen atoms in total. The SMILES string of the molecule is O=C(O)c1cc2cc(Br)cc(Cl)c2o1. The largest absolute Gasteiger partial charge is 0.475 e. The first-order chi connectivity index (χ1) is 6.58. The topological polar surface area (TPSA) is 50.4 Å². The Kier molecular flexibility index (Phi) is 2.25. The van der Waals surface area contributed by atoms with E-state index in [2.05, 4.69) is 15.9 Å². The van der Waals surface area contributed by atoms with Crippen LogP contribution in [0, 0.1) is 0 Å². The van der Waals surface area contributed by atoms with E-state index in [1.807, 2.05) is 0 Å². The predicted octanol–water partition coefficient (Wildman–Crippen LogP) is 3.55. The molecule has 0 radical (unpaired) electrons. The molecule has 0 atom stereocenters. The smallest absolute Gasteiger partial charge is 0.371 e. The van der Waals surface area contributed by atoms with E-state index in [4.69, 9.17) is 21.1 Å². The Morgan fingerprint density at radius 1 is 1.43 bits per heavy atom. The van der Waals surface area contributed by atoms with E-state index in [0.29, 0.717) is 16.0 Å². The van der Waals surface area contributed by atoms with E-state index in [-0.39, 0.29) is 5.76 Å². The molecule has 0 aliphatic carbocycles. The summed E-state index contributed by atoms with van der Waals surface area (Å²) >= 11 is 9.12. The number of aromatic carboxylic acids is 1. The van der Waals surface area contributed by atoms with E-state index in [1.165, 1.54) is 6.07 Å². The monoisotopic (exact) mass is 274 g/mol. The van der Waals surface area contributed by atoms with Crippen LogP contribution in [0.1, 0.15) is 10.6 Å². The molecule has 2 rings (SSSR count). The van der Waals surface area contributed by atoms with E-state index >= 15 is 0 Å². The number of hydrogen-bond donors (Lipinski definition) is 1. The van der Waals surface area contributed by atoms with Gasteiger partial charge in [-0.1, -0.05) is 27.5 Å². The summed E-state index contributed by atoms with van der Waals surface area (Å²) in [7, 11) is 0. The Morgan fingerprint density at radius 2 is 2.14 bits per heavy atom. The molecule has 0 fully saturated rings. The van der Waals surface area contributed by atoms with Crippen LogP contribution in [0.4, 0.5) is 0 Å². The second-order valence-corrected chi connectivity index (χ2v) is 4.04. The van der Waals surface area contributed by atoms with Crippen molar-refractivity contribution in [3.63, 3.8) is 0 Å². The van der Waals surface area contributed by atoms with Crippen LogP contribution in [-0.4, -0.2) is 11.1 Å². The highest BCUT2D eigenvalue weighted by atomic mass is 79.9. The summed E-state index contributed by atoms with van der Waals surface area (Å²) in [4.78, 5) is 10.6. The van der Waals surface area contributed by atoms with Gasteiger partial charge in [0.05, 0.1) is 5.02 Å². The third-order valence-electron chi connectivity index (χ3n) is 1.75. The Hall–Kier alpha value is -1.00. The summed E-state index contributed by atoms with van der Waals surface area (Å²) < 4.78 is 5.85. The molecule has 0 bridgehead atoms. The van der Waals surface area contributed by atoms with Crippen LogP contribution in [0.25, 0.3) is 11.0 Å². The average Bonchev–Trinajstić information content (AvgIpc) is 2.47. The van der Waals surface area contributed by atoms with Crippen LogP contribution in [0.3, 0.4) is 0 Å². The van der Waals surface area contributed by atoms with Gasteiger partial charge in [0.15, 0.2) is 5.58 Å². The molecule has 2 aromatic rings. The van der Waals surface area contributed by atoms with Gasteiger partial charge in [0.25, 0.3) is 0 Å². The fraction of sp³-hybridized carbons (Fsp3) is 0. The molecular weight excluding hydrogens is 271 g/mol. The molecule has 5 heteroatoms. The molecule has 1 N–H and O–H groups in total. The number of carboxylic acid groups (broad SMARTS) is 1. The third-order valence-corrected chi connectivity index (χ3v) is 2.49. The lowest BCUT2D eigenvalue weighted by atomic mass is 10.2. The zero-order chi connectivity index (χ0) is 10.3. The fourth-order valence-corrected chi connectivity index (χ4v) is 2.05. The molecule has 0 amide bonds. The van der Waals surface area contributed by atoms with E-state index in [0.717, 1.165) is 4.47 Å². The van der Waals surface area contributed by atoms with Gasteiger partial charge >= 0.3 is 5.97 Å². The van der Waals surface area contributed by atoms with Gasteiger partial charge in [-0.15, -0.1) is 0 Å². The lowest BCUT2D eigenvalue weighted by molar-refractivity contribution is 0.0665. The first kappa shape index (κ1) is 9.55. The second-order valence-electron chi connectivity index (χ2n) is 2.72. The van der Waals surface area contributed by atoms with E-state index in [1.54, 1.807) is 12.1 Å². The lowest BCUT2D eigenvalue weighted by Gasteiger charge is -1.93.